The third-order valence-corrected chi connectivity index (χ3v) is 11.1. The molecule has 0 atom stereocenters. The van der Waals surface area contributed by atoms with E-state index < -0.39 is 21.3 Å². The number of nitrogens with zero attached hydrogens (tertiary/aromatic N) is 1. The van der Waals surface area contributed by atoms with Crippen molar-refractivity contribution >= 4 is 16.0 Å². The molecule has 0 saturated heterocycles. The van der Waals surface area contributed by atoms with E-state index in [4.69, 9.17) is 0 Å². The fraction of sp³-hybridized carbons (Fsp3) is 0.958. The van der Waals surface area contributed by atoms with E-state index in [9.17, 15) is 26.5 Å². The van der Waals surface area contributed by atoms with Crippen LogP contribution in [-0.4, -0.2) is 42.1 Å². The summed E-state index contributed by atoms with van der Waals surface area (Å²) in [5.41, 5.74) is -0.329. The number of halogens is 2. The maximum atomic E-state index is 14.7. The Balaban J connectivity index is 1.31. The molecule has 8 saturated carbocycles. The summed E-state index contributed by atoms with van der Waals surface area (Å²) in [4.78, 5) is 14.3. The zero-order chi connectivity index (χ0) is 22.5. The molecular formula is C24H35F2NO4S. The minimum Gasteiger partial charge on any atom is -0.335 e. The second-order valence-corrected chi connectivity index (χ2v) is 14.5. The van der Waals surface area contributed by atoms with Crippen LogP contribution in [0.3, 0.4) is 0 Å². The molecule has 0 spiro atoms. The van der Waals surface area contributed by atoms with Gasteiger partial charge in [-0.1, -0.05) is 0 Å². The van der Waals surface area contributed by atoms with E-state index in [1.54, 1.807) is 0 Å². The van der Waals surface area contributed by atoms with Crippen molar-refractivity contribution in [3.63, 3.8) is 0 Å². The van der Waals surface area contributed by atoms with E-state index >= 15 is 0 Å². The predicted octanol–water partition coefficient (Wildman–Crippen LogP) is 4.73. The van der Waals surface area contributed by atoms with Gasteiger partial charge < -0.3 is 4.90 Å². The molecule has 0 unspecified atom stereocenters. The van der Waals surface area contributed by atoms with E-state index in [1.165, 1.54) is 43.4 Å². The Bertz CT molecular complexity index is 800. The first-order valence-corrected chi connectivity index (χ1v) is 14.0. The van der Waals surface area contributed by atoms with Crippen LogP contribution in [0.4, 0.5) is 8.78 Å². The fourth-order valence-electron chi connectivity index (χ4n) is 10.3. The van der Waals surface area contributed by atoms with Crippen molar-refractivity contribution in [2.24, 2.45) is 46.3 Å². The minimum absolute atomic E-state index is 0.165. The maximum Gasteiger partial charge on any atom is 0.446 e. The number of carbonyl (C=O) groups excluding carboxylic acids is 1. The number of amides is 1. The summed E-state index contributed by atoms with van der Waals surface area (Å²) in [6.45, 7) is 0.449. The van der Waals surface area contributed by atoms with Crippen LogP contribution in [0.5, 0.6) is 0 Å². The van der Waals surface area contributed by atoms with Crippen molar-refractivity contribution in [1.29, 1.82) is 0 Å². The lowest BCUT2D eigenvalue weighted by atomic mass is 9.48. The highest BCUT2D eigenvalue weighted by Crippen LogP contribution is 2.62. The van der Waals surface area contributed by atoms with Gasteiger partial charge in [0.15, 0.2) is 0 Å². The van der Waals surface area contributed by atoms with Gasteiger partial charge >= 0.3 is 21.3 Å². The highest BCUT2D eigenvalue weighted by molar-refractivity contribution is 7.87. The van der Waals surface area contributed by atoms with Crippen molar-refractivity contribution in [3.05, 3.63) is 0 Å². The normalized spacial score (nSPS) is 46.6. The minimum atomic E-state index is -5.80. The summed E-state index contributed by atoms with van der Waals surface area (Å²) in [6.07, 6.45) is 13.0. The van der Waals surface area contributed by atoms with Gasteiger partial charge in [0, 0.05) is 13.1 Å². The Morgan fingerprint density at radius 3 is 1.28 bits per heavy atom. The SMILES string of the molecule is O=C(N(CC12CC3CC(CC(C3)C1)C2)CC12CC3CC(CC(C3)C1)C2)C(F)(F)S(=O)(=O)O. The molecule has 8 fully saturated rings. The molecule has 8 bridgehead atoms. The zero-order valence-electron chi connectivity index (χ0n) is 18.6. The molecule has 0 aromatic carbocycles. The molecular weight excluding hydrogens is 436 g/mol. The summed E-state index contributed by atoms with van der Waals surface area (Å²) in [5.74, 6) is 1.96. The lowest BCUT2D eigenvalue weighted by Gasteiger charge is -2.60. The molecule has 8 aliphatic carbocycles. The third-order valence-electron chi connectivity index (χ3n) is 10.2. The number of hydrogen-bond acceptors (Lipinski definition) is 3. The van der Waals surface area contributed by atoms with Crippen LogP contribution in [0, 0.1) is 46.3 Å². The van der Waals surface area contributed by atoms with Crippen LogP contribution in [0.15, 0.2) is 0 Å². The first-order valence-electron chi connectivity index (χ1n) is 12.6. The Morgan fingerprint density at radius 2 is 1.03 bits per heavy atom. The van der Waals surface area contributed by atoms with Gasteiger partial charge in [-0.05, 0) is 123 Å². The number of hydrogen-bond donors (Lipinski definition) is 1. The Morgan fingerprint density at radius 1 is 0.750 bits per heavy atom. The highest BCUT2D eigenvalue weighted by atomic mass is 32.2. The van der Waals surface area contributed by atoms with Crippen molar-refractivity contribution in [2.45, 2.75) is 82.3 Å². The molecule has 0 aliphatic heterocycles. The lowest BCUT2D eigenvalue weighted by molar-refractivity contribution is -0.160. The van der Waals surface area contributed by atoms with Crippen LogP contribution in [0.25, 0.3) is 0 Å². The number of alkyl halides is 2. The maximum absolute atomic E-state index is 14.7. The second kappa shape index (κ2) is 6.89. The largest absolute Gasteiger partial charge is 0.446 e. The first kappa shape index (κ1) is 21.8. The van der Waals surface area contributed by atoms with Crippen molar-refractivity contribution < 1.29 is 26.5 Å². The van der Waals surface area contributed by atoms with Crippen LogP contribution in [0.2, 0.25) is 0 Å². The van der Waals surface area contributed by atoms with E-state index in [0.717, 1.165) is 38.5 Å². The van der Waals surface area contributed by atoms with E-state index in [2.05, 4.69) is 0 Å². The summed E-state index contributed by atoms with van der Waals surface area (Å²) < 4.78 is 61.5. The number of rotatable bonds is 6. The topological polar surface area (TPSA) is 74.7 Å². The standard InChI is InChI=1S/C24H35F2NO4S/c25-24(26,32(29,30)31)21(28)27(13-22-7-15-1-16(8-22)3-17(2-15)9-22)14-23-10-18-4-19(11-23)6-20(5-18)12-23/h15-20H,1-14H2,(H,29,30,31). The molecule has 1 amide bonds. The molecule has 1 N–H and O–H groups in total. The quantitative estimate of drug-likeness (QED) is 0.569. The van der Waals surface area contributed by atoms with Gasteiger partial charge in [-0.15, -0.1) is 0 Å². The summed E-state index contributed by atoms with van der Waals surface area (Å²) in [6, 6.07) is 0. The molecule has 0 aromatic heterocycles. The van der Waals surface area contributed by atoms with Crippen LogP contribution in [-0.2, 0) is 14.9 Å². The van der Waals surface area contributed by atoms with Crippen molar-refractivity contribution in [2.75, 3.05) is 13.1 Å². The Labute approximate surface area is 189 Å². The zero-order valence-corrected chi connectivity index (χ0v) is 19.5. The Kier molecular flexibility index (Phi) is 4.69. The molecule has 8 rings (SSSR count). The molecule has 5 nitrogen and oxygen atoms in total. The monoisotopic (exact) mass is 471 g/mol. The van der Waals surface area contributed by atoms with Gasteiger partial charge in [0.2, 0.25) is 0 Å². The van der Waals surface area contributed by atoms with Gasteiger partial charge in [0.1, 0.15) is 0 Å². The molecule has 8 aliphatic rings. The summed E-state index contributed by atoms with van der Waals surface area (Å²) in [5, 5.41) is -4.78. The van der Waals surface area contributed by atoms with Gasteiger partial charge in [-0.2, -0.15) is 17.2 Å². The molecule has 0 aromatic rings. The van der Waals surface area contributed by atoms with Crippen LogP contribution < -0.4 is 0 Å². The average molecular weight is 472 g/mol. The smallest absolute Gasteiger partial charge is 0.335 e. The first-order chi connectivity index (χ1) is 14.9. The second-order valence-electron chi connectivity index (χ2n) is 13.0. The summed E-state index contributed by atoms with van der Waals surface area (Å²) in [7, 11) is -5.80. The fourth-order valence-corrected chi connectivity index (χ4v) is 10.6. The van der Waals surface area contributed by atoms with Crippen LogP contribution >= 0.6 is 0 Å². The van der Waals surface area contributed by atoms with Crippen molar-refractivity contribution in [1.82, 2.24) is 4.90 Å². The van der Waals surface area contributed by atoms with Gasteiger partial charge in [0.05, 0.1) is 0 Å². The average Bonchev–Trinajstić information content (AvgIpc) is 2.63. The number of carbonyl (C=O) groups is 1. The van der Waals surface area contributed by atoms with Crippen LogP contribution in [0.1, 0.15) is 77.0 Å². The highest BCUT2D eigenvalue weighted by Gasteiger charge is 2.59. The Hall–Kier alpha value is -0.760. The molecule has 180 valence electrons. The predicted molar refractivity (Wildman–Crippen MR) is 114 cm³/mol. The molecule has 32 heavy (non-hydrogen) atoms. The van der Waals surface area contributed by atoms with Gasteiger partial charge in [0.25, 0.3) is 0 Å². The van der Waals surface area contributed by atoms with Gasteiger partial charge in [-0.3, -0.25) is 9.35 Å². The lowest BCUT2D eigenvalue weighted by Crippen LogP contribution is -2.59. The van der Waals surface area contributed by atoms with E-state index in [0.29, 0.717) is 35.5 Å². The van der Waals surface area contributed by atoms with E-state index in [1.807, 2.05) is 0 Å². The molecule has 0 heterocycles. The summed E-state index contributed by atoms with van der Waals surface area (Å²) >= 11 is 0. The third kappa shape index (κ3) is 3.45. The van der Waals surface area contributed by atoms with E-state index in [-0.39, 0.29) is 23.9 Å². The van der Waals surface area contributed by atoms with Gasteiger partial charge in [-0.25, -0.2) is 0 Å². The van der Waals surface area contributed by atoms with Crippen molar-refractivity contribution in [3.8, 4) is 0 Å². The molecule has 0 radical (unpaired) electrons. The molecule has 8 heteroatoms.